The van der Waals surface area contributed by atoms with E-state index in [-0.39, 0.29) is 24.8 Å². The Morgan fingerprint density at radius 1 is 1.25 bits per heavy atom. The van der Waals surface area contributed by atoms with E-state index in [9.17, 15) is 9.59 Å². The summed E-state index contributed by atoms with van der Waals surface area (Å²) in [5, 5.41) is 7.28. The second kappa shape index (κ2) is 10.0. The third kappa shape index (κ3) is 4.92. The summed E-state index contributed by atoms with van der Waals surface area (Å²) in [4.78, 5) is 35.0. The summed E-state index contributed by atoms with van der Waals surface area (Å²) in [6.45, 7) is 3.51. The number of rotatable bonds is 7. The Hall–Kier alpha value is -3.79. The SMILES string of the molecule is CCOC(=O)c1cc(-c2noc(C3CNCCN3C(=O)COc3ccccc3)n2)ccn1. The van der Waals surface area contributed by atoms with Gasteiger partial charge in [0.1, 0.15) is 17.5 Å². The van der Waals surface area contributed by atoms with E-state index in [0.717, 1.165) is 0 Å². The predicted molar refractivity (Wildman–Crippen MR) is 113 cm³/mol. The molecule has 1 amide bonds. The average molecular weight is 437 g/mol. The molecule has 0 aliphatic carbocycles. The van der Waals surface area contributed by atoms with Crippen LogP contribution in [-0.4, -0.2) is 64.7 Å². The predicted octanol–water partition coefficient (Wildman–Crippen LogP) is 1.86. The van der Waals surface area contributed by atoms with Crippen LogP contribution in [0.5, 0.6) is 5.75 Å². The van der Waals surface area contributed by atoms with Gasteiger partial charge in [-0.25, -0.2) is 9.78 Å². The van der Waals surface area contributed by atoms with Crippen LogP contribution in [0, 0.1) is 0 Å². The van der Waals surface area contributed by atoms with Gasteiger partial charge in [0.15, 0.2) is 6.61 Å². The summed E-state index contributed by atoms with van der Waals surface area (Å²) >= 11 is 0. The number of nitrogens with zero attached hydrogens (tertiary/aromatic N) is 4. The third-order valence-electron chi connectivity index (χ3n) is 4.90. The van der Waals surface area contributed by atoms with Crippen molar-refractivity contribution in [1.82, 2.24) is 25.3 Å². The van der Waals surface area contributed by atoms with Gasteiger partial charge in [-0.05, 0) is 31.2 Å². The molecule has 1 aliphatic rings. The number of ether oxygens (including phenoxy) is 2. The number of hydrogen-bond acceptors (Lipinski definition) is 9. The summed E-state index contributed by atoms with van der Waals surface area (Å²) in [6, 6.07) is 12.0. The molecule has 10 nitrogen and oxygen atoms in total. The van der Waals surface area contributed by atoms with Crippen LogP contribution in [0.1, 0.15) is 29.3 Å². The number of benzene rings is 1. The third-order valence-corrected chi connectivity index (χ3v) is 4.90. The highest BCUT2D eigenvalue weighted by molar-refractivity contribution is 5.88. The standard InChI is InChI=1S/C22H23N5O5/c1-2-30-22(29)17-12-15(8-9-24-17)20-25-21(32-26-20)18-13-23-10-11-27(18)19(28)14-31-16-6-4-3-5-7-16/h3-9,12,18,23H,2,10-11,13-14H2,1H3. The van der Waals surface area contributed by atoms with Gasteiger partial charge in [-0.1, -0.05) is 23.4 Å². The molecule has 3 aromatic rings. The van der Waals surface area contributed by atoms with Crippen LogP contribution < -0.4 is 10.1 Å². The van der Waals surface area contributed by atoms with Crippen molar-refractivity contribution in [3.05, 3.63) is 60.2 Å². The number of carbonyl (C=O) groups is 2. The molecule has 1 aliphatic heterocycles. The van der Waals surface area contributed by atoms with Crippen molar-refractivity contribution in [2.45, 2.75) is 13.0 Å². The van der Waals surface area contributed by atoms with E-state index in [1.54, 1.807) is 36.1 Å². The van der Waals surface area contributed by atoms with Gasteiger partial charge in [0.25, 0.3) is 11.8 Å². The van der Waals surface area contributed by atoms with Gasteiger partial charge in [-0.3, -0.25) is 4.79 Å². The Kier molecular flexibility index (Phi) is 6.71. The van der Waals surface area contributed by atoms with Gasteiger partial charge in [-0.2, -0.15) is 4.98 Å². The molecule has 2 aromatic heterocycles. The van der Waals surface area contributed by atoms with Gasteiger partial charge in [0.05, 0.1) is 6.61 Å². The molecule has 1 atom stereocenters. The van der Waals surface area contributed by atoms with Crippen LogP contribution in [0.2, 0.25) is 0 Å². The topological polar surface area (TPSA) is 120 Å². The first-order valence-corrected chi connectivity index (χ1v) is 10.3. The van der Waals surface area contributed by atoms with Crippen molar-refractivity contribution in [2.75, 3.05) is 32.8 Å². The number of nitrogens with one attached hydrogen (secondary N) is 1. The summed E-state index contributed by atoms with van der Waals surface area (Å²) in [5.74, 6) is 0.530. The maximum absolute atomic E-state index is 12.8. The number of hydrogen-bond donors (Lipinski definition) is 1. The molecule has 0 radical (unpaired) electrons. The molecule has 0 spiro atoms. The van der Waals surface area contributed by atoms with Gasteiger partial charge in [0, 0.05) is 31.4 Å². The molecule has 1 aromatic carbocycles. The normalized spacial score (nSPS) is 15.9. The summed E-state index contributed by atoms with van der Waals surface area (Å²) < 4.78 is 16.1. The van der Waals surface area contributed by atoms with E-state index >= 15 is 0 Å². The van der Waals surface area contributed by atoms with Crippen molar-refractivity contribution in [3.63, 3.8) is 0 Å². The Bertz CT molecular complexity index is 1070. The Morgan fingerprint density at radius 3 is 2.91 bits per heavy atom. The van der Waals surface area contributed by atoms with Crippen molar-refractivity contribution in [3.8, 4) is 17.1 Å². The van der Waals surface area contributed by atoms with Crippen molar-refractivity contribution in [1.29, 1.82) is 0 Å². The first kappa shape index (κ1) is 21.4. The van der Waals surface area contributed by atoms with E-state index < -0.39 is 12.0 Å². The molecule has 1 N–H and O–H groups in total. The highest BCUT2D eigenvalue weighted by Gasteiger charge is 2.32. The molecule has 166 valence electrons. The number of aromatic nitrogens is 3. The Labute approximate surface area is 184 Å². The molecule has 10 heteroatoms. The first-order valence-electron chi connectivity index (χ1n) is 10.3. The first-order chi connectivity index (χ1) is 15.7. The summed E-state index contributed by atoms with van der Waals surface area (Å²) in [7, 11) is 0. The number of para-hydroxylation sites is 1. The lowest BCUT2D eigenvalue weighted by molar-refractivity contribution is -0.137. The van der Waals surface area contributed by atoms with E-state index in [2.05, 4.69) is 20.4 Å². The minimum Gasteiger partial charge on any atom is -0.484 e. The second-order valence-corrected chi connectivity index (χ2v) is 7.02. The average Bonchev–Trinajstić information content (AvgIpc) is 3.34. The highest BCUT2D eigenvalue weighted by atomic mass is 16.5. The molecule has 4 rings (SSSR count). The van der Waals surface area contributed by atoms with E-state index in [0.29, 0.717) is 42.7 Å². The lowest BCUT2D eigenvalue weighted by Gasteiger charge is -2.33. The van der Waals surface area contributed by atoms with Gasteiger partial charge in [0.2, 0.25) is 5.82 Å². The Morgan fingerprint density at radius 2 is 2.09 bits per heavy atom. The van der Waals surface area contributed by atoms with Crippen molar-refractivity contribution >= 4 is 11.9 Å². The highest BCUT2D eigenvalue weighted by Crippen LogP contribution is 2.24. The molecule has 1 unspecified atom stereocenters. The molecule has 0 bridgehead atoms. The maximum Gasteiger partial charge on any atom is 0.356 e. The fourth-order valence-corrected chi connectivity index (χ4v) is 3.34. The number of pyridine rings is 1. The zero-order valence-electron chi connectivity index (χ0n) is 17.6. The van der Waals surface area contributed by atoms with Gasteiger partial charge >= 0.3 is 5.97 Å². The largest absolute Gasteiger partial charge is 0.484 e. The molecule has 1 saturated heterocycles. The summed E-state index contributed by atoms with van der Waals surface area (Å²) in [6.07, 6.45) is 1.48. The number of carbonyl (C=O) groups excluding carboxylic acids is 2. The van der Waals surface area contributed by atoms with E-state index in [1.807, 2.05) is 18.2 Å². The lowest BCUT2D eigenvalue weighted by atomic mass is 10.2. The summed E-state index contributed by atoms with van der Waals surface area (Å²) in [5.41, 5.74) is 0.719. The molecule has 0 saturated carbocycles. The maximum atomic E-state index is 12.8. The smallest absolute Gasteiger partial charge is 0.356 e. The zero-order chi connectivity index (χ0) is 22.3. The quantitative estimate of drug-likeness (QED) is 0.552. The van der Waals surface area contributed by atoms with Crippen LogP contribution in [-0.2, 0) is 9.53 Å². The number of esters is 1. The fraction of sp³-hybridized carbons (Fsp3) is 0.318. The van der Waals surface area contributed by atoms with Gasteiger partial charge in [-0.15, -0.1) is 0 Å². The van der Waals surface area contributed by atoms with Gasteiger partial charge < -0.3 is 24.2 Å². The number of amides is 1. The monoisotopic (exact) mass is 437 g/mol. The second-order valence-electron chi connectivity index (χ2n) is 7.02. The minimum absolute atomic E-state index is 0.0885. The van der Waals surface area contributed by atoms with Crippen molar-refractivity contribution < 1.29 is 23.6 Å². The molecular weight excluding hydrogens is 414 g/mol. The van der Waals surface area contributed by atoms with Crippen LogP contribution in [0.4, 0.5) is 0 Å². The fourth-order valence-electron chi connectivity index (χ4n) is 3.34. The van der Waals surface area contributed by atoms with Crippen LogP contribution in [0.3, 0.4) is 0 Å². The molecule has 3 heterocycles. The molecule has 1 fully saturated rings. The van der Waals surface area contributed by atoms with Crippen molar-refractivity contribution in [2.24, 2.45) is 0 Å². The van der Waals surface area contributed by atoms with E-state index in [1.165, 1.54) is 6.20 Å². The number of piperazine rings is 1. The van der Waals surface area contributed by atoms with Crippen LogP contribution in [0.25, 0.3) is 11.4 Å². The Balaban J connectivity index is 1.48. The van der Waals surface area contributed by atoms with Crippen LogP contribution >= 0.6 is 0 Å². The molecular formula is C22H23N5O5. The van der Waals surface area contributed by atoms with E-state index in [4.69, 9.17) is 14.0 Å². The lowest BCUT2D eigenvalue weighted by Crippen LogP contribution is -2.50. The van der Waals surface area contributed by atoms with Crippen LogP contribution in [0.15, 0.2) is 53.2 Å². The zero-order valence-corrected chi connectivity index (χ0v) is 17.6. The molecule has 32 heavy (non-hydrogen) atoms. The minimum atomic E-state index is -0.523.